The Morgan fingerprint density at radius 1 is 1.39 bits per heavy atom. The molecule has 18 heavy (non-hydrogen) atoms. The molecule has 2 heterocycles. The van der Waals surface area contributed by atoms with Crippen LogP contribution in [0.3, 0.4) is 0 Å². The number of nitrogens with zero attached hydrogens (tertiary/aromatic N) is 2. The number of rotatable bonds is 3. The van der Waals surface area contributed by atoms with E-state index in [-0.39, 0.29) is 5.78 Å². The lowest BCUT2D eigenvalue weighted by Gasteiger charge is -2.13. The van der Waals surface area contributed by atoms with E-state index < -0.39 is 0 Å². The molecule has 2 aromatic rings. The number of hydrogen-bond donors (Lipinski definition) is 1. The van der Waals surface area contributed by atoms with Crippen LogP contribution in [0.5, 0.6) is 0 Å². The van der Waals surface area contributed by atoms with Gasteiger partial charge in [-0.25, -0.2) is 4.98 Å². The Hall–Kier alpha value is -1.68. The SMILES string of the molecule is Cc1nc2ccc(C(=O)CN3CCCC3)cc2[nH]1. The molecule has 1 aromatic carbocycles. The number of carbonyl (C=O) groups excluding carboxylic acids is 1. The number of H-pyrrole nitrogens is 1. The van der Waals surface area contributed by atoms with Gasteiger partial charge >= 0.3 is 0 Å². The molecule has 1 N–H and O–H groups in total. The number of aryl methyl sites for hydroxylation is 1. The maximum Gasteiger partial charge on any atom is 0.176 e. The first-order valence-corrected chi connectivity index (χ1v) is 6.44. The first-order valence-electron chi connectivity index (χ1n) is 6.44. The predicted molar refractivity (Wildman–Crippen MR) is 70.8 cm³/mol. The van der Waals surface area contributed by atoms with Gasteiger partial charge in [-0.15, -0.1) is 0 Å². The molecular formula is C14H17N3O. The third-order valence-electron chi connectivity index (χ3n) is 3.49. The Morgan fingerprint density at radius 3 is 2.94 bits per heavy atom. The van der Waals surface area contributed by atoms with Crippen LogP contribution in [0.4, 0.5) is 0 Å². The second-order valence-electron chi connectivity index (χ2n) is 4.96. The minimum Gasteiger partial charge on any atom is -0.342 e. The van der Waals surface area contributed by atoms with Crippen LogP contribution in [0.15, 0.2) is 18.2 Å². The Balaban J connectivity index is 1.81. The Labute approximate surface area is 106 Å². The number of hydrogen-bond acceptors (Lipinski definition) is 3. The number of Topliss-reactive ketones (excluding diaryl/α,β-unsaturated/α-hetero) is 1. The molecule has 1 fully saturated rings. The van der Waals surface area contributed by atoms with Crippen LogP contribution in [-0.2, 0) is 0 Å². The van der Waals surface area contributed by atoms with Gasteiger partial charge in [-0.05, 0) is 51.1 Å². The lowest BCUT2D eigenvalue weighted by atomic mass is 10.1. The van der Waals surface area contributed by atoms with Crippen LogP contribution >= 0.6 is 0 Å². The van der Waals surface area contributed by atoms with Crippen LogP contribution in [0.25, 0.3) is 11.0 Å². The summed E-state index contributed by atoms with van der Waals surface area (Å²) in [7, 11) is 0. The fraction of sp³-hybridized carbons (Fsp3) is 0.429. The minimum atomic E-state index is 0.200. The van der Waals surface area contributed by atoms with Crippen LogP contribution in [-0.4, -0.2) is 40.3 Å². The average Bonchev–Trinajstić information content (AvgIpc) is 2.95. The molecule has 0 spiro atoms. The zero-order chi connectivity index (χ0) is 12.5. The molecule has 1 aliphatic heterocycles. The maximum atomic E-state index is 12.2. The Morgan fingerprint density at radius 2 is 2.17 bits per heavy atom. The fourth-order valence-electron chi connectivity index (χ4n) is 2.55. The van der Waals surface area contributed by atoms with E-state index in [1.165, 1.54) is 12.8 Å². The summed E-state index contributed by atoms with van der Waals surface area (Å²) in [6.45, 7) is 4.57. The highest BCUT2D eigenvalue weighted by atomic mass is 16.1. The standard InChI is InChI=1S/C14H17N3O/c1-10-15-12-5-4-11(8-13(12)16-10)14(18)9-17-6-2-3-7-17/h4-5,8H,2-3,6-7,9H2,1H3,(H,15,16). The molecule has 0 atom stereocenters. The minimum absolute atomic E-state index is 0.200. The molecule has 94 valence electrons. The smallest absolute Gasteiger partial charge is 0.176 e. The number of fused-ring (bicyclic) bond motifs is 1. The predicted octanol–water partition coefficient (Wildman–Crippen LogP) is 2.15. The van der Waals surface area contributed by atoms with Crippen LogP contribution in [0, 0.1) is 6.92 Å². The first kappa shape index (κ1) is 11.4. The van der Waals surface area contributed by atoms with Crippen molar-refractivity contribution >= 4 is 16.8 Å². The van der Waals surface area contributed by atoms with Gasteiger partial charge in [0.2, 0.25) is 0 Å². The van der Waals surface area contributed by atoms with Crippen molar-refractivity contribution in [3.8, 4) is 0 Å². The van der Waals surface area contributed by atoms with Gasteiger partial charge in [0, 0.05) is 5.56 Å². The van der Waals surface area contributed by atoms with Gasteiger partial charge in [-0.3, -0.25) is 9.69 Å². The van der Waals surface area contributed by atoms with Crippen molar-refractivity contribution in [2.24, 2.45) is 0 Å². The van der Waals surface area contributed by atoms with E-state index in [1.54, 1.807) is 0 Å². The van der Waals surface area contributed by atoms with E-state index in [9.17, 15) is 4.79 Å². The van der Waals surface area contributed by atoms with E-state index in [4.69, 9.17) is 0 Å². The molecular weight excluding hydrogens is 226 g/mol. The topological polar surface area (TPSA) is 49.0 Å². The number of likely N-dealkylation sites (tertiary alicyclic amines) is 1. The van der Waals surface area contributed by atoms with Crippen molar-refractivity contribution in [3.63, 3.8) is 0 Å². The van der Waals surface area contributed by atoms with Crippen molar-refractivity contribution in [2.45, 2.75) is 19.8 Å². The van der Waals surface area contributed by atoms with E-state index in [0.29, 0.717) is 6.54 Å². The van der Waals surface area contributed by atoms with Gasteiger partial charge in [-0.1, -0.05) is 0 Å². The molecule has 0 aliphatic carbocycles. The van der Waals surface area contributed by atoms with E-state index in [1.807, 2.05) is 25.1 Å². The first-order chi connectivity index (χ1) is 8.72. The number of aromatic nitrogens is 2. The summed E-state index contributed by atoms with van der Waals surface area (Å²) in [5.74, 6) is 1.08. The summed E-state index contributed by atoms with van der Waals surface area (Å²) in [5, 5.41) is 0. The normalized spacial score (nSPS) is 16.5. The summed E-state index contributed by atoms with van der Waals surface area (Å²) < 4.78 is 0. The quantitative estimate of drug-likeness (QED) is 0.840. The van der Waals surface area contributed by atoms with Crippen LogP contribution in [0.1, 0.15) is 29.0 Å². The van der Waals surface area contributed by atoms with Crippen molar-refractivity contribution in [3.05, 3.63) is 29.6 Å². The third kappa shape index (κ3) is 2.16. The Kier molecular flexibility index (Phi) is 2.88. The zero-order valence-electron chi connectivity index (χ0n) is 10.6. The Bertz CT molecular complexity index is 582. The maximum absolute atomic E-state index is 12.2. The van der Waals surface area contributed by atoms with Crippen LogP contribution in [0.2, 0.25) is 0 Å². The summed E-state index contributed by atoms with van der Waals surface area (Å²) in [6.07, 6.45) is 2.43. The van der Waals surface area contributed by atoms with Gasteiger partial charge < -0.3 is 4.98 Å². The van der Waals surface area contributed by atoms with E-state index >= 15 is 0 Å². The second-order valence-corrected chi connectivity index (χ2v) is 4.96. The molecule has 4 nitrogen and oxygen atoms in total. The molecule has 0 unspecified atom stereocenters. The monoisotopic (exact) mass is 243 g/mol. The van der Waals surface area contributed by atoms with Gasteiger partial charge in [0.1, 0.15) is 5.82 Å². The largest absolute Gasteiger partial charge is 0.342 e. The highest BCUT2D eigenvalue weighted by Crippen LogP contribution is 2.15. The van der Waals surface area contributed by atoms with Crippen molar-refractivity contribution in [2.75, 3.05) is 19.6 Å². The molecule has 0 saturated carbocycles. The lowest BCUT2D eigenvalue weighted by Crippen LogP contribution is -2.26. The van der Waals surface area contributed by atoms with Crippen molar-refractivity contribution in [1.29, 1.82) is 0 Å². The summed E-state index contributed by atoms with van der Waals surface area (Å²) in [5.41, 5.74) is 2.64. The fourth-order valence-corrected chi connectivity index (χ4v) is 2.55. The summed E-state index contributed by atoms with van der Waals surface area (Å²) >= 11 is 0. The van der Waals surface area contributed by atoms with Crippen LogP contribution < -0.4 is 0 Å². The van der Waals surface area contributed by atoms with Gasteiger partial charge in [0.25, 0.3) is 0 Å². The lowest BCUT2D eigenvalue weighted by molar-refractivity contribution is 0.0945. The molecule has 1 aliphatic rings. The molecule has 4 heteroatoms. The highest BCUT2D eigenvalue weighted by molar-refractivity contribution is 6.00. The molecule has 0 bridgehead atoms. The van der Waals surface area contributed by atoms with Crippen molar-refractivity contribution < 1.29 is 4.79 Å². The number of aromatic amines is 1. The average molecular weight is 243 g/mol. The van der Waals surface area contributed by atoms with Gasteiger partial charge in [0.05, 0.1) is 17.6 Å². The number of ketones is 1. The third-order valence-corrected chi connectivity index (χ3v) is 3.49. The molecule has 3 rings (SSSR count). The molecule has 1 saturated heterocycles. The van der Waals surface area contributed by atoms with Gasteiger partial charge in [-0.2, -0.15) is 0 Å². The summed E-state index contributed by atoms with van der Waals surface area (Å²) in [4.78, 5) is 21.9. The summed E-state index contributed by atoms with van der Waals surface area (Å²) in [6, 6.07) is 5.70. The number of carbonyl (C=O) groups is 1. The van der Waals surface area contributed by atoms with Gasteiger partial charge in [0.15, 0.2) is 5.78 Å². The highest BCUT2D eigenvalue weighted by Gasteiger charge is 2.16. The molecule has 1 aromatic heterocycles. The number of imidazole rings is 1. The number of benzene rings is 1. The molecule has 0 radical (unpaired) electrons. The van der Waals surface area contributed by atoms with E-state index in [2.05, 4.69) is 14.9 Å². The van der Waals surface area contributed by atoms with Crippen molar-refractivity contribution in [1.82, 2.24) is 14.9 Å². The second kappa shape index (κ2) is 4.53. The molecule has 0 amide bonds. The zero-order valence-corrected chi connectivity index (χ0v) is 10.6. The van der Waals surface area contributed by atoms with E-state index in [0.717, 1.165) is 35.5 Å². The number of nitrogens with one attached hydrogen (secondary N) is 1.